The number of hydrogen-bond acceptors (Lipinski definition) is 7. The lowest BCUT2D eigenvalue weighted by Gasteiger charge is -2.67. The Morgan fingerprint density at radius 2 is 1.82 bits per heavy atom. The van der Waals surface area contributed by atoms with Crippen LogP contribution in [0, 0.1) is 28.6 Å². The largest absolute Gasteiger partial charge is 0.493 e. The third kappa shape index (κ3) is 1.94. The average molecular weight is 392 g/mol. The van der Waals surface area contributed by atoms with Gasteiger partial charge in [0.15, 0.2) is 11.5 Å². The number of Topliss-reactive ketones (excluding diaryl/α,β-unsaturated/α-hetero) is 2. The fraction of sp³-hybridized carbons (Fsp3) is 0.762. The highest BCUT2D eigenvalue weighted by Crippen LogP contribution is 2.68. The number of carbonyl (C=O) groups excluding carboxylic acids is 3. The summed E-state index contributed by atoms with van der Waals surface area (Å²) in [5.74, 6) is -2.50. The summed E-state index contributed by atoms with van der Waals surface area (Å²) in [6, 6.07) is 0. The van der Waals surface area contributed by atoms with Crippen molar-refractivity contribution in [3.8, 4) is 0 Å². The van der Waals surface area contributed by atoms with Crippen LogP contribution in [0.4, 0.5) is 0 Å². The second-order valence-electron chi connectivity index (χ2n) is 9.47. The summed E-state index contributed by atoms with van der Waals surface area (Å²) in [5.41, 5.74) is -3.71. The summed E-state index contributed by atoms with van der Waals surface area (Å²) < 4.78 is 11.0. The topological polar surface area (TPSA) is 110 Å². The van der Waals surface area contributed by atoms with Crippen molar-refractivity contribution in [1.29, 1.82) is 0 Å². The Morgan fingerprint density at radius 3 is 2.43 bits per heavy atom. The standard InChI is InChI=1S/C21H28O7/c1-9-6-12(22)18(25)19(3)11(9)7-13-20(4)17(19)15(24)16(27-5)10(2)21(20,26)8-14(23)28-13/h9,11-13,17,22,26H,6-8H2,1-5H3/t9-,11-,12+,13-,17+,19+,20-,21-/m1/s1. The van der Waals surface area contributed by atoms with Gasteiger partial charge >= 0.3 is 5.97 Å². The first kappa shape index (κ1) is 19.6. The number of aliphatic hydroxyl groups is 2. The summed E-state index contributed by atoms with van der Waals surface area (Å²) in [6.45, 7) is 7.02. The molecule has 3 fully saturated rings. The van der Waals surface area contributed by atoms with Gasteiger partial charge in [0.25, 0.3) is 0 Å². The van der Waals surface area contributed by atoms with Crippen LogP contribution < -0.4 is 0 Å². The van der Waals surface area contributed by atoms with Crippen molar-refractivity contribution in [2.45, 2.75) is 64.8 Å². The summed E-state index contributed by atoms with van der Waals surface area (Å²) >= 11 is 0. The average Bonchev–Trinajstić information content (AvgIpc) is 2.60. The molecule has 7 nitrogen and oxygen atoms in total. The third-order valence-corrected chi connectivity index (χ3v) is 8.44. The van der Waals surface area contributed by atoms with Crippen LogP contribution in [0.3, 0.4) is 0 Å². The second-order valence-corrected chi connectivity index (χ2v) is 9.47. The van der Waals surface area contributed by atoms with Crippen molar-refractivity contribution in [1.82, 2.24) is 0 Å². The number of allylic oxidation sites excluding steroid dienone is 1. The molecule has 0 amide bonds. The molecule has 0 aromatic carbocycles. The molecule has 4 aliphatic rings. The van der Waals surface area contributed by atoms with Gasteiger partial charge in [-0.15, -0.1) is 0 Å². The number of aliphatic hydroxyl groups excluding tert-OH is 1. The van der Waals surface area contributed by atoms with Gasteiger partial charge < -0.3 is 19.7 Å². The van der Waals surface area contributed by atoms with E-state index in [0.717, 1.165) is 0 Å². The molecule has 3 aliphatic carbocycles. The maximum atomic E-state index is 13.6. The minimum atomic E-state index is -1.66. The predicted octanol–water partition coefficient (Wildman–Crippen LogP) is 1.15. The van der Waals surface area contributed by atoms with E-state index in [1.165, 1.54) is 7.11 Å². The smallest absolute Gasteiger partial charge is 0.309 e. The third-order valence-electron chi connectivity index (χ3n) is 8.44. The van der Waals surface area contributed by atoms with E-state index >= 15 is 0 Å². The molecule has 7 heteroatoms. The van der Waals surface area contributed by atoms with Gasteiger partial charge in [0.05, 0.1) is 19.4 Å². The fourth-order valence-corrected chi connectivity index (χ4v) is 6.99. The Bertz CT molecular complexity index is 816. The Kier molecular flexibility index (Phi) is 3.96. The van der Waals surface area contributed by atoms with Crippen molar-refractivity contribution in [2.24, 2.45) is 28.6 Å². The van der Waals surface area contributed by atoms with Crippen molar-refractivity contribution in [3.63, 3.8) is 0 Å². The van der Waals surface area contributed by atoms with E-state index in [0.29, 0.717) is 18.4 Å². The Labute approximate surface area is 164 Å². The van der Waals surface area contributed by atoms with Gasteiger partial charge in [-0.3, -0.25) is 14.4 Å². The number of methoxy groups -OCH3 is 1. The van der Waals surface area contributed by atoms with E-state index in [4.69, 9.17) is 9.47 Å². The van der Waals surface area contributed by atoms with Crippen LogP contribution in [0.1, 0.15) is 47.0 Å². The van der Waals surface area contributed by atoms with Crippen molar-refractivity contribution in [2.75, 3.05) is 7.11 Å². The molecule has 154 valence electrons. The van der Waals surface area contributed by atoms with Gasteiger partial charge in [-0.05, 0) is 31.6 Å². The first-order valence-corrected chi connectivity index (χ1v) is 9.88. The van der Waals surface area contributed by atoms with E-state index < -0.39 is 40.5 Å². The molecule has 2 saturated carbocycles. The Hall–Kier alpha value is -1.73. The van der Waals surface area contributed by atoms with E-state index in [-0.39, 0.29) is 35.6 Å². The normalized spacial score (nSPS) is 50.7. The molecule has 0 unspecified atom stereocenters. The highest BCUT2D eigenvalue weighted by Gasteiger charge is 2.76. The van der Waals surface area contributed by atoms with Gasteiger partial charge in [0, 0.05) is 16.4 Å². The molecule has 28 heavy (non-hydrogen) atoms. The molecule has 1 aliphatic heterocycles. The number of esters is 1. The molecule has 0 aromatic rings. The van der Waals surface area contributed by atoms with Crippen molar-refractivity contribution >= 4 is 17.5 Å². The zero-order chi connectivity index (χ0) is 20.8. The molecule has 8 atom stereocenters. The van der Waals surface area contributed by atoms with E-state index in [1.807, 2.05) is 6.92 Å². The quantitative estimate of drug-likeness (QED) is 0.644. The molecule has 2 N–H and O–H groups in total. The molecule has 0 spiro atoms. The number of hydrogen-bond donors (Lipinski definition) is 2. The minimum Gasteiger partial charge on any atom is -0.493 e. The lowest BCUT2D eigenvalue weighted by molar-refractivity contribution is -0.258. The highest BCUT2D eigenvalue weighted by atomic mass is 16.6. The summed E-state index contributed by atoms with van der Waals surface area (Å²) in [5, 5.41) is 22.2. The molecule has 0 radical (unpaired) electrons. The maximum Gasteiger partial charge on any atom is 0.309 e. The molecule has 0 aromatic heterocycles. The number of carbonyl (C=O) groups is 3. The van der Waals surface area contributed by atoms with Crippen LogP contribution in [-0.4, -0.2) is 52.7 Å². The summed E-state index contributed by atoms with van der Waals surface area (Å²) in [7, 11) is 1.35. The van der Waals surface area contributed by atoms with Crippen molar-refractivity contribution < 1.29 is 34.1 Å². The SMILES string of the molecule is COC1=C(C)[C@]2(O)CC(=O)O[C@@H]3C[C@@H]4[C@H](C)C[C@H](O)C(=O)[C@]4(C)[C@H](C1=O)[C@@]32C. The monoisotopic (exact) mass is 392 g/mol. The Balaban J connectivity index is 2.03. The molecular weight excluding hydrogens is 364 g/mol. The zero-order valence-electron chi connectivity index (χ0n) is 16.9. The van der Waals surface area contributed by atoms with Crippen LogP contribution in [-0.2, 0) is 23.9 Å². The minimum absolute atomic E-state index is 0.000756. The van der Waals surface area contributed by atoms with Crippen LogP contribution in [0.2, 0.25) is 0 Å². The number of rotatable bonds is 1. The van der Waals surface area contributed by atoms with E-state index in [9.17, 15) is 24.6 Å². The first-order valence-electron chi connectivity index (χ1n) is 9.88. The Morgan fingerprint density at radius 1 is 1.18 bits per heavy atom. The lowest BCUT2D eigenvalue weighted by Crippen LogP contribution is -2.75. The second kappa shape index (κ2) is 5.66. The number of fused-ring (bicyclic) bond motifs is 2. The van der Waals surface area contributed by atoms with Crippen LogP contribution in [0.15, 0.2) is 11.3 Å². The van der Waals surface area contributed by atoms with Gasteiger partial charge in [-0.25, -0.2) is 0 Å². The zero-order valence-corrected chi connectivity index (χ0v) is 16.9. The molecule has 1 heterocycles. The van der Waals surface area contributed by atoms with Gasteiger partial charge in [0.1, 0.15) is 17.8 Å². The highest BCUT2D eigenvalue weighted by molar-refractivity contribution is 6.04. The molecule has 1 saturated heterocycles. The maximum absolute atomic E-state index is 13.6. The first-order chi connectivity index (χ1) is 12.9. The lowest BCUT2D eigenvalue weighted by atomic mass is 9.38. The van der Waals surface area contributed by atoms with Crippen molar-refractivity contribution in [3.05, 3.63) is 11.3 Å². The van der Waals surface area contributed by atoms with Crippen LogP contribution >= 0.6 is 0 Å². The molecule has 0 bridgehead atoms. The number of ether oxygens (including phenoxy) is 2. The van der Waals surface area contributed by atoms with Crippen LogP contribution in [0.25, 0.3) is 0 Å². The van der Waals surface area contributed by atoms with E-state index in [2.05, 4.69) is 0 Å². The summed E-state index contributed by atoms with van der Waals surface area (Å²) in [4.78, 5) is 39.3. The number of ketones is 2. The van der Waals surface area contributed by atoms with E-state index in [1.54, 1.807) is 20.8 Å². The molecular formula is C21H28O7. The fourth-order valence-electron chi connectivity index (χ4n) is 6.99. The molecule has 4 rings (SSSR count). The predicted molar refractivity (Wildman–Crippen MR) is 96.8 cm³/mol. The van der Waals surface area contributed by atoms with Crippen LogP contribution in [0.5, 0.6) is 0 Å². The van der Waals surface area contributed by atoms with Gasteiger partial charge in [0.2, 0.25) is 5.78 Å². The van der Waals surface area contributed by atoms with Gasteiger partial charge in [-0.1, -0.05) is 20.8 Å². The van der Waals surface area contributed by atoms with Gasteiger partial charge in [-0.2, -0.15) is 0 Å². The summed E-state index contributed by atoms with van der Waals surface area (Å²) in [6.07, 6.45) is -1.45.